The first-order valence-electron chi connectivity index (χ1n) is 7.67. The van der Waals surface area contributed by atoms with Gasteiger partial charge in [-0.3, -0.25) is 14.9 Å². The van der Waals surface area contributed by atoms with E-state index in [0.717, 1.165) is 10.4 Å². The summed E-state index contributed by atoms with van der Waals surface area (Å²) in [4.78, 5) is 36.4. The number of urea groups is 1. The number of hydrogen-bond acceptors (Lipinski definition) is 5. The molecular formula is C17H17N3O4S. The SMILES string of the molecule is CC(=O)c1cccc(NC(=O)Nc2sc3c(c2C(N)=O)CCOC3)c1. The molecule has 0 spiro atoms. The number of thiophene rings is 1. The molecule has 0 bridgehead atoms. The second-order valence-electron chi connectivity index (χ2n) is 5.59. The Hall–Kier alpha value is -2.71. The summed E-state index contributed by atoms with van der Waals surface area (Å²) in [6.45, 7) is 2.38. The van der Waals surface area contributed by atoms with Crippen LogP contribution in [0.1, 0.15) is 38.1 Å². The minimum absolute atomic E-state index is 0.0917. The minimum Gasteiger partial charge on any atom is -0.376 e. The van der Waals surface area contributed by atoms with E-state index in [-0.39, 0.29) is 5.78 Å². The van der Waals surface area contributed by atoms with Crippen LogP contribution in [0.2, 0.25) is 0 Å². The van der Waals surface area contributed by atoms with Crippen molar-refractivity contribution in [3.05, 3.63) is 45.8 Å². The number of nitrogens with one attached hydrogen (secondary N) is 2. The van der Waals surface area contributed by atoms with E-state index < -0.39 is 11.9 Å². The molecule has 4 N–H and O–H groups in total. The van der Waals surface area contributed by atoms with Gasteiger partial charge in [-0.05, 0) is 31.0 Å². The molecule has 7 nitrogen and oxygen atoms in total. The number of anilines is 2. The molecule has 0 aliphatic carbocycles. The number of hydrogen-bond donors (Lipinski definition) is 3. The number of nitrogens with two attached hydrogens (primary N) is 1. The molecule has 2 heterocycles. The van der Waals surface area contributed by atoms with Crippen LogP contribution in [0.15, 0.2) is 24.3 Å². The highest BCUT2D eigenvalue weighted by Crippen LogP contribution is 2.36. The van der Waals surface area contributed by atoms with Gasteiger partial charge in [0.2, 0.25) is 0 Å². The maximum atomic E-state index is 12.3. The van der Waals surface area contributed by atoms with Gasteiger partial charge in [-0.25, -0.2) is 4.79 Å². The summed E-state index contributed by atoms with van der Waals surface area (Å²) in [7, 11) is 0. The fraction of sp³-hybridized carbons (Fsp3) is 0.235. The zero-order chi connectivity index (χ0) is 18.0. The maximum Gasteiger partial charge on any atom is 0.324 e. The molecule has 1 aliphatic heterocycles. The number of primary amides is 1. The molecule has 1 aromatic carbocycles. The Labute approximate surface area is 148 Å². The van der Waals surface area contributed by atoms with Gasteiger partial charge < -0.3 is 15.8 Å². The molecule has 0 saturated heterocycles. The number of Topliss-reactive ketones (excluding diaryl/α,β-unsaturated/α-hetero) is 1. The largest absolute Gasteiger partial charge is 0.376 e. The lowest BCUT2D eigenvalue weighted by atomic mass is 10.1. The highest BCUT2D eigenvalue weighted by Gasteiger charge is 2.25. The van der Waals surface area contributed by atoms with Gasteiger partial charge in [0.05, 0.1) is 18.8 Å². The lowest BCUT2D eigenvalue weighted by Crippen LogP contribution is -2.22. The number of rotatable bonds is 4. The van der Waals surface area contributed by atoms with Crippen molar-refractivity contribution in [2.24, 2.45) is 5.73 Å². The monoisotopic (exact) mass is 359 g/mol. The number of ether oxygens (including phenoxy) is 1. The molecule has 8 heteroatoms. The van der Waals surface area contributed by atoms with Crippen molar-refractivity contribution in [3.8, 4) is 0 Å². The molecule has 2 aromatic rings. The fourth-order valence-corrected chi connectivity index (χ4v) is 3.85. The average Bonchev–Trinajstić information content (AvgIpc) is 2.92. The fourth-order valence-electron chi connectivity index (χ4n) is 2.66. The van der Waals surface area contributed by atoms with Crippen molar-refractivity contribution in [3.63, 3.8) is 0 Å². The van der Waals surface area contributed by atoms with Crippen LogP contribution in [0.4, 0.5) is 15.5 Å². The molecule has 0 unspecified atom stereocenters. The van der Waals surface area contributed by atoms with Crippen LogP contribution in [0.25, 0.3) is 0 Å². The molecule has 0 radical (unpaired) electrons. The summed E-state index contributed by atoms with van der Waals surface area (Å²) in [6, 6.07) is 6.10. The third kappa shape index (κ3) is 3.70. The number of benzene rings is 1. The first-order chi connectivity index (χ1) is 12.0. The Morgan fingerprint density at radius 1 is 1.24 bits per heavy atom. The Morgan fingerprint density at radius 2 is 2.04 bits per heavy atom. The van der Waals surface area contributed by atoms with Crippen molar-refractivity contribution >= 4 is 39.7 Å². The lowest BCUT2D eigenvalue weighted by molar-refractivity contribution is 0.0988. The van der Waals surface area contributed by atoms with Gasteiger partial charge in [0.25, 0.3) is 5.91 Å². The summed E-state index contributed by atoms with van der Waals surface area (Å²) in [5.74, 6) is -0.667. The van der Waals surface area contributed by atoms with E-state index in [4.69, 9.17) is 10.5 Å². The zero-order valence-corrected chi connectivity index (χ0v) is 14.4. The highest BCUT2D eigenvalue weighted by atomic mass is 32.1. The lowest BCUT2D eigenvalue weighted by Gasteiger charge is -2.12. The van der Waals surface area contributed by atoms with Gasteiger partial charge in [0, 0.05) is 16.1 Å². The molecular weight excluding hydrogens is 342 g/mol. The van der Waals surface area contributed by atoms with Crippen molar-refractivity contribution in [2.45, 2.75) is 20.0 Å². The van der Waals surface area contributed by atoms with Crippen molar-refractivity contribution in [1.29, 1.82) is 0 Å². The number of carbonyl (C=O) groups excluding carboxylic acids is 3. The number of fused-ring (bicyclic) bond motifs is 1. The van der Waals surface area contributed by atoms with Crippen LogP contribution < -0.4 is 16.4 Å². The van der Waals surface area contributed by atoms with Gasteiger partial charge in [-0.15, -0.1) is 11.3 Å². The van der Waals surface area contributed by atoms with Crippen molar-refractivity contribution in [1.82, 2.24) is 0 Å². The smallest absolute Gasteiger partial charge is 0.324 e. The third-order valence-corrected chi connectivity index (χ3v) is 4.94. The third-order valence-electron chi connectivity index (χ3n) is 3.82. The first kappa shape index (κ1) is 17.1. The molecule has 25 heavy (non-hydrogen) atoms. The predicted octanol–water partition coefficient (Wildman–Crippen LogP) is 2.77. The van der Waals surface area contributed by atoms with Gasteiger partial charge in [-0.1, -0.05) is 12.1 Å². The van der Waals surface area contributed by atoms with E-state index in [9.17, 15) is 14.4 Å². The molecule has 1 aliphatic rings. The Bertz CT molecular complexity index is 860. The second kappa shape index (κ2) is 7.04. The summed E-state index contributed by atoms with van der Waals surface area (Å²) in [6.07, 6.45) is 0.591. The number of carbonyl (C=O) groups is 3. The Balaban J connectivity index is 1.79. The van der Waals surface area contributed by atoms with Crippen LogP contribution in [-0.4, -0.2) is 24.3 Å². The normalized spacial score (nSPS) is 13.0. The first-order valence-corrected chi connectivity index (χ1v) is 8.48. The Kier molecular flexibility index (Phi) is 4.82. The van der Waals surface area contributed by atoms with Crippen LogP contribution in [0.5, 0.6) is 0 Å². The van der Waals surface area contributed by atoms with E-state index in [2.05, 4.69) is 10.6 Å². The Morgan fingerprint density at radius 3 is 2.76 bits per heavy atom. The van der Waals surface area contributed by atoms with Crippen LogP contribution >= 0.6 is 11.3 Å². The van der Waals surface area contributed by atoms with E-state index >= 15 is 0 Å². The summed E-state index contributed by atoms with van der Waals surface area (Å²) < 4.78 is 5.38. The number of amides is 3. The molecule has 3 rings (SSSR count). The van der Waals surface area contributed by atoms with E-state index in [1.807, 2.05) is 0 Å². The number of ketones is 1. The van der Waals surface area contributed by atoms with E-state index in [0.29, 0.717) is 41.4 Å². The zero-order valence-electron chi connectivity index (χ0n) is 13.5. The summed E-state index contributed by atoms with van der Waals surface area (Å²) in [5, 5.41) is 5.73. The van der Waals surface area contributed by atoms with Gasteiger partial charge in [-0.2, -0.15) is 0 Å². The van der Waals surface area contributed by atoms with Crippen LogP contribution in [-0.2, 0) is 17.8 Å². The van der Waals surface area contributed by atoms with Crippen LogP contribution in [0, 0.1) is 0 Å². The molecule has 0 fully saturated rings. The summed E-state index contributed by atoms with van der Waals surface area (Å²) >= 11 is 1.29. The van der Waals surface area contributed by atoms with E-state index in [1.54, 1.807) is 24.3 Å². The predicted molar refractivity (Wildman–Crippen MR) is 95.3 cm³/mol. The topological polar surface area (TPSA) is 111 Å². The van der Waals surface area contributed by atoms with Gasteiger partial charge in [0.1, 0.15) is 5.00 Å². The molecule has 1 aromatic heterocycles. The standard InChI is InChI=1S/C17H17N3O4S/c1-9(21)10-3-2-4-11(7-10)19-17(23)20-16-14(15(18)22)12-5-6-24-8-13(12)25-16/h2-4,7H,5-6,8H2,1H3,(H2,18,22)(H2,19,20,23). The quantitative estimate of drug-likeness (QED) is 0.729. The average molecular weight is 359 g/mol. The van der Waals surface area contributed by atoms with Gasteiger partial charge >= 0.3 is 6.03 Å². The highest BCUT2D eigenvalue weighted by molar-refractivity contribution is 7.17. The molecule has 0 atom stereocenters. The van der Waals surface area contributed by atoms with Crippen molar-refractivity contribution in [2.75, 3.05) is 17.2 Å². The second-order valence-corrected chi connectivity index (χ2v) is 6.70. The molecule has 3 amide bonds. The maximum absolute atomic E-state index is 12.3. The van der Waals surface area contributed by atoms with Gasteiger partial charge in [0.15, 0.2) is 5.78 Å². The molecule has 130 valence electrons. The van der Waals surface area contributed by atoms with E-state index in [1.165, 1.54) is 18.3 Å². The van der Waals surface area contributed by atoms with Crippen molar-refractivity contribution < 1.29 is 19.1 Å². The molecule has 0 saturated carbocycles. The summed E-state index contributed by atoms with van der Waals surface area (Å²) in [5.41, 5.74) is 7.65. The van der Waals surface area contributed by atoms with Crippen LogP contribution in [0.3, 0.4) is 0 Å². The minimum atomic E-state index is -0.576.